The number of ketones is 1. The van der Waals surface area contributed by atoms with Crippen molar-refractivity contribution in [1.82, 2.24) is 0 Å². The second-order valence-corrected chi connectivity index (χ2v) is 4.95. The molecular formula is C13H14O3S. The normalized spacial score (nSPS) is 15.1. The van der Waals surface area contributed by atoms with E-state index in [1.54, 1.807) is 19.1 Å². The molecule has 1 heterocycles. The molecule has 2 rings (SSSR count). The van der Waals surface area contributed by atoms with E-state index in [-0.39, 0.29) is 6.61 Å². The van der Waals surface area contributed by atoms with Gasteiger partial charge in [0.2, 0.25) is 0 Å². The molecule has 3 nitrogen and oxygen atoms in total. The van der Waals surface area contributed by atoms with Gasteiger partial charge in [-0.3, -0.25) is 4.79 Å². The van der Waals surface area contributed by atoms with E-state index in [1.165, 1.54) is 0 Å². The Kier molecular flexibility index (Phi) is 3.84. The molecular weight excluding hydrogens is 236 g/mol. The fourth-order valence-electron chi connectivity index (χ4n) is 1.78. The molecule has 0 aromatic heterocycles. The minimum absolute atomic E-state index is 0.228. The van der Waals surface area contributed by atoms with Gasteiger partial charge in [0, 0.05) is 23.0 Å². The number of esters is 1. The maximum absolute atomic E-state index is 11.9. The number of hydrogen-bond acceptors (Lipinski definition) is 4. The predicted octanol–water partition coefficient (Wildman–Crippen LogP) is 2.26. The van der Waals surface area contributed by atoms with Crippen LogP contribution in [0.1, 0.15) is 28.8 Å². The maximum Gasteiger partial charge on any atom is 0.379 e. The Bertz CT molecular complexity index is 438. The van der Waals surface area contributed by atoms with Crippen molar-refractivity contribution in [3.63, 3.8) is 0 Å². The summed E-state index contributed by atoms with van der Waals surface area (Å²) in [5.41, 5.74) is 1.47. The van der Waals surface area contributed by atoms with Gasteiger partial charge < -0.3 is 4.74 Å². The van der Waals surface area contributed by atoms with E-state index in [1.807, 2.05) is 23.9 Å². The third-order valence-electron chi connectivity index (χ3n) is 2.74. The van der Waals surface area contributed by atoms with Gasteiger partial charge in [0.25, 0.3) is 5.78 Å². The minimum Gasteiger partial charge on any atom is -0.460 e. The maximum atomic E-state index is 11.9. The number of Topliss-reactive ketones (excluding diaryl/α,β-unsaturated/α-hetero) is 1. The van der Waals surface area contributed by atoms with Crippen molar-refractivity contribution in [2.75, 3.05) is 18.1 Å². The fraction of sp³-hybridized carbons (Fsp3) is 0.385. The highest BCUT2D eigenvalue weighted by Crippen LogP contribution is 2.35. The molecule has 0 amide bonds. The Morgan fingerprint density at radius 2 is 2.06 bits per heavy atom. The van der Waals surface area contributed by atoms with E-state index >= 15 is 0 Å². The second kappa shape index (κ2) is 5.36. The summed E-state index contributed by atoms with van der Waals surface area (Å²) in [5.74, 6) is 1.15. The molecule has 0 N–H and O–H groups in total. The third-order valence-corrected chi connectivity index (χ3v) is 4.02. The lowest BCUT2D eigenvalue weighted by Crippen LogP contribution is -2.23. The smallest absolute Gasteiger partial charge is 0.379 e. The zero-order chi connectivity index (χ0) is 12.3. The van der Waals surface area contributed by atoms with Crippen LogP contribution >= 0.6 is 11.8 Å². The van der Waals surface area contributed by atoms with Gasteiger partial charge in [-0.05, 0) is 12.5 Å². The summed E-state index contributed by atoms with van der Waals surface area (Å²) >= 11 is 1.85. The van der Waals surface area contributed by atoms with E-state index < -0.39 is 11.8 Å². The molecule has 0 spiro atoms. The lowest BCUT2D eigenvalue weighted by molar-refractivity contribution is -0.137. The van der Waals surface area contributed by atoms with Crippen LogP contribution in [-0.4, -0.2) is 29.9 Å². The monoisotopic (exact) mass is 250 g/mol. The van der Waals surface area contributed by atoms with Crippen LogP contribution in [0.25, 0.3) is 0 Å². The largest absolute Gasteiger partial charge is 0.460 e. The molecule has 0 aliphatic carbocycles. The number of benzene rings is 1. The lowest BCUT2D eigenvalue weighted by atomic mass is 9.94. The van der Waals surface area contributed by atoms with Crippen LogP contribution in [0.15, 0.2) is 24.3 Å². The van der Waals surface area contributed by atoms with E-state index in [0.29, 0.717) is 11.5 Å². The Labute approximate surface area is 105 Å². The zero-order valence-electron chi connectivity index (χ0n) is 9.64. The standard InChI is InChI=1S/C13H14O3S/c1-2-16-13(15)12(14)11-6-4-3-5-10(11)9-7-17-8-9/h3-6,9H,2,7-8H2,1H3. The molecule has 1 aliphatic heterocycles. The molecule has 1 aliphatic rings. The molecule has 17 heavy (non-hydrogen) atoms. The number of rotatable bonds is 4. The molecule has 0 bridgehead atoms. The van der Waals surface area contributed by atoms with E-state index in [2.05, 4.69) is 0 Å². The van der Waals surface area contributed by atoms with Crippen LogP contribution in [0.4, 0.5) is 0 Å². The molecule has 1 fully saturated rings. The number of carbonyl (C=O) groups is 2. The van der Waals surface area contributed by atoms with E-state index in [4.69, 9.17) is 4.74 Å². The average Bonchev–Trinajstić information content (AvgIpc) is 2.27. The number of ether oxygens (including phenoxy) is 1. The molecule has 0 saturated carbocycles. The predicted molar refractivity (Wildman–Crippen MR) is 67.5 cm³/mol. The van der Waals surface area contributed by atoms with Crippen molar-refractivity contribution in [3.8, 4) is 0 Å². The molecule has 1 aromatic carbocycles. The van der Waals surface area contributed by atoms with Crippen LogP contribution in [0, 0.1) is 0 Å². The number of carbonyl (C=O) groups excluding carboxylic acids is 2. The summed E-state index contributed by atoms with van der Waals surface area (Å²) in [6.45, 7) is 1.92. The molecule has 0 unspecified atom stereocenters. The molecule has 1 saturated heterocycles. The summed E-state index contributed by atoms with van der Waals surface area (Å²) in [4.78, 5) is 23.4. The van der Waals surface area contributed by atoms with Gasteiger partial charge >= 0.3 is 5.97 Å². The first-order valence-corrected chi connectivity index (χ1v) is 6.77. The van der Waals surface area contributed by atoms with Gasteiger partial charge in [0.15, 0.2) is 0 Å². The number of thioether (sulfide) groups is 1. The first-order valence-electron chi connectivity index (χ1n) is 5.62. The molecule has 1 aromatic rings. The van der Waals surface area contributed by atoms with Gasteiger partial charge in [-0.1, -0.05) is 24.3 Å². The van der Waals surface area contributed by atoms with Crippen LogP contribution in [-0.2, 0) is 9.53 Å². The molecule has 4 heteroatoms. The van der Waals surface area contributed by atoms with Crippen molar-refractivity contribution in [1.29, 1.82) is 0 Å². The summed E-state index contributed by atoms with van der Waals surface area (Å²) < 4.78 is 4.75. The van der Waals surface area contributed by atoms with Crippen molar-refractivity contribution in [2.24, 2.45) is 0 Å². The van der Waals surface area contributed by atoms with Gasteiger partial charge in [0.1, 0.15) is 0 Å². The van der Waals surface area contributed by atoms with E-state index in [9.17, 15) is 9.59 Å². The van der Waals surface area contributed by atoms with E-state index in [0.717, 1.165) is 17.1 Å². The SMILES string of the molecule is CCOC(=O)C(=O)c1ccccc1C1CSC1. The zero-order valence-corrected chi connectivity index (χ0v) is 10.5. The Morgan fingerprint density at radius 3 is 2.65 bits per heavy atom. The topological polar surface area (TPSA) is 43.4 Å². The minimum atomic E-state index is -0.757. The molecule has 0 atom stereocenters. The highest BCUT2D eigenvalue weighted by molar-refractivity contribution is 8.00. The van der Waals surface area contributed by atoms with Crippen LogP contribution < -0.4 is 0 Å². The summed E-state index contributed by atoms with van der Waals surface area (Å²) in [6, 6.07) is 7.32. The molecule has 90 valence electrons. The summed E-state index contributed by atoms with van der Waals surface area (Å²) in [7, 11) is 0. The van der Waals surface area contributed by atoms with Crippen LogP contribution in [0.2, 0.25) is 0 Å². The van der Waals surface area contributed by atoms with Crippen molar-refractivity contribution >= 4 is 23.5 Å². The van der Waals surface area contributed by atoms with Crippen molar-refractivity contribution in [3.05, 3.63) is 35.4 Å². The van der Waals surface area contributed by atoms with Gasteiger partial charge in [-0.25, -0.2) is 4.79 Å². The van der Waals surface area contributed by atoms with Crippen LogP contribution in [0.3, 0.4) is 0 Å². The Hall–Kier alpha value is -1.29. The Morgan fingerprint density at radius 1 is 1.35 bits per heavy atom. The third kappa shape index (κ3) is 2.52. The van der Waals surface area contributed by atoms with Gasteiger partial charge in [-0.15, -0.1) is 0 Å². The summed E-state index contributed by atoms with van der Waals surface area (Å²) in [6.07, 6.45) is 0. The van der Waals surface area contributed by atoms with Crippen molar-refractivity contribution < 1.29 is 14.3 Å². The van der Waals surface area contributed by atoms with Gasteiger partial charge in [-0.2, -0.15) is 11.8 Å². The van der Waals surface area contributed by atoms with Crippen LogP contribution in [0.5, 0.6) is 0 Å². The Balaban J connectivity index is 2.24. The fourth-order valence-corrected chi connectivity index (χ4v) is 2.61. The number of hydrogen-bond donors (Lipinski definition) is 0. The lowest BCUT2D eigenvalue weighted by Gasteiger charge is -2.26. The highest BCUT2D eigenvalue weighted by atomic mass is 32.2. The molecule has 0 radical (unpaired) electrons. The first-order chi connectivity index (χ1) is 8.24. The highest BCUT2D eigenvalue weighted by Gasteiger charge is 2.27. The quantitative estimate of drug-likeness (QED) is 0.467. The average molecular weight is 250 g/mol. The summed E-state index contributed by atoms with van der Waals surface area (Å²) in [5, 5.41) is 0. The van der Waals surface area contributed by atoms with Gasteiger partial charge in [0.05, 0.1) is 6.61 Å². The first kappa shape index (κ1) is 12.2. The van der Waals surface area contributed by atoms with Crippen molar-refractivity contribution in [2.45, 2.75) is 12.8 Å². The second-order valence-electron chi connectivity index (χ2n) is 3.87.